The molecule has 1 spiro atoms. The third-order valence-electron chi connectivity index (χ3n) is 5.93. The van der Waals surface area contributed by atoms with Gasteiger partial charge in [0.25, 0.3) is 0 Å². The average Bonchev–Trinajstić information content (AvgIpc) is 2.92. The van der Waals surface area contributed by atoms with Crippen LogP contribution in [0.4, 0.5) is 5.69 Å². The third-order valence-corrected chi connectivity index (χ3v) is 5.93. The number of carbonyl (C=O) groups is 3. The largest absolute Gasteiger partial charge is 0.352 e. The summed E-state index contributed by atoms with van der Waals surface area (Å²) in [5, 5.41) is 5.87. The lowest BCUT2D eigenvalue weighted by molar-refractivity contribution is -0.131. The highest BCUT2D eigenvalue weighted by molar-refractivity contribution is 5.88. The molecule has 7 nitrogen and oxygen atoms in total. The topological polar surface area (TPSA) is 81.8 Å². The highest BCUT2D eigenvalue weighted by atomic mass is 16.2. The lowest BCUT2D eigenvalue weighted by Crippen LogP contribution is -2.52. The number of likely N-dealkylation sites (tertiary alicyclic amines) is 2. The Morgan fingerprint density at radius 1 is 1.04 bits per heavy atom. The van der Waals surface area contributed by atoms with Crippen molar-refractivity contribution in [1.82, 2.24) is 15.1 Å². The Balaban J connectivity index is 1.73. The fraction of sp³-hybridized carbons (Fsp3) is 0.571. The van der Waals surface area contributed by atoms with Gasteiger partial charge in [-0.05, 0) is 37.0 Å². The highest BCUT2D eigenvalue weighted by Crippen LogP contribution is 2.39. The summed E-state index contributed by atoms with van der Waals surface area (Å²) in [6.07, 6.45) is 2.77. The molecule has 2 heterocycles. The number of rotatable bonds is 4. The molecule has 2 fully saturated rings. The van der Waals surface area contributed by atoms with Gasteiger partial charge in [-0.15, -0.1) is 0 Å². The fourth-order valence-corrected chi connectivity index (χ4v) is 4.60. The molecule has 1 atom stereocenters. The van der Waals surface area contributed by atoms with Crippen molar-refractivity contribution in [1.29, 1.82) is 0 Å². The number of benzene rings is 1. The van der Waals surface area contributed by atoms with Crippen LogP contribution in [0, 0.1) is 0 Å². The molecule has 0 saturated carbocycles. The van der Waals surface area contributed by atoms with Gasteiger partial charge < -0.3 is 15.5 Å². The number of carbonyl (C=O) groups excluding carboxylic acids is 3. The van der Waals surface area contributed by atoms with Crippen LogP contribution in [0.5, 0.6) is 0 Å². The van der Waals surface area contributed by atoms with Crippen LogP contribution in [0.3, 0.4) is 0 Å². The van der Waals surface area contributed by atoms with Gasteiger partial charge in [-0.2, -0.15) is 0 Å². The molecule has 1 aromatic carbocycles. The van der Waals surface area contributed by atoms with Crippen LogP contribution in [-0.2, 0) is 20.9 Å². The minimum absolute atomic E-state index is 0.00262. The number of nitrogens with one attached hydrogen (secondary N) is 2. The van der Waals surface area contributed by atoms with Crippen molar-refractivity contribution >= 4 is 23.4 Å². The molecule has 0 aromatic heterocycles. The van der Waals surface area contributed by atoms with Crippen molar-refractivity contribution in [2.24, 2.45) is 0 Å². The quantitative estimate of drug-likeness (QED) is 0.826. The zero-order valence-corrected chi connectivity index (χ0v) is 17.0. The van der Waals surface area contributed by atoms with E-state index >= 15 is 0 Å². The van der Waals surface area contributed by atoms with E-state index in [4.69, 9.17) is 0 Å². The van der Waals surface area contributed by atoms with Crippen molar-refractivity contribution in [3.05, 3.63) is 29.8 Å². The van der Waals surface area contributed by atoms with Crippen LogP contribution in [0.1, 0.15) is 45.6 Å². The minimum atomic E-state index is -0.0818. The standard InChI is InChI=1S/C21H30N4O3/c1-15(26)22-19-6-4-18(5-7-19)13-25-14-20(23-16(2)27)12-21(25)8-10-24(11-9-21)17(3)28/h4-7,20H,8-14H2,1-3H3,(H,22,26)(H,23,27)/t20-/m0/s1. The van der Waals surface area contributed by atoms with E-state index in [1.807, 2.05) is 29.2 Å². The van der Waals surface area contributed by atoms with Crippen molar-refractivity contribution in [3.8, 4) is 0 Å². The van der Waals surface area contributed by atoms with Gasteiger partial charge in [-0.1, -0.05) is 12.1 Å². The highest BCUT2D eigenvalue weighted by Gasteiger charge is 2.47. The summed E-state index contributed by atoms with van der Waals surface area (Å²) < 4.78 is 0. The number of hydrogen-bond acceptors (Lipinski definition) is 4. The molecule has 2 aliphatic heterocycles. The SMILES string of the molecule is CC(=O)Nc1ccc(CN2C[C@@H](NC(C)=O)CC23CCN(C(C)=O)CC3)cc1. The first-order chi connectivity index (χ1) is 13.3. The van der Waals surface area contributed by atoms with Crippen LogP contribution in [-0.4, -0.2) is 58.7 Å². The first-order valence-electron chi connectivity index (χ1n) is 9.92. The van der Waals surface area contributed by atoms with Crippen LogP contribution >= 0.6 is 0 Å². The van der Waals surface area contributed by atoms with Gasteiger partial charge in [0, 0.05) is 64.2 Å². The summed E-state index contributed by atoms with van der Waals surface area (Å²) in [5.74, 6) is 0.0517. The minimum Gasteiger partial charge on any atom is -0.352 e. The predicted octanol–water partition coefficient (Wildman–Crippen LogP) is 1.74. The molecule has 2 N–H and O–H groups in total. The van der Waals surface area contributed by atoms with Gasteiger partial charge in [0.1, 0.15) is 0 Å². The molecular weight excluding hydrogens is 356 g/mol. The van der Waals surface area contributed by atoms with E-state index in [1.165, 1.54) is 12.5 Å². The molecule has 0 aliphatic carbocycles. The predicted molar refractivity (Wildman–Crippen MR) is 108 cm³/mol. The average molecular weight is 386 g/mol. The van der Waals surface area contributed by atoms with E-state index in [9.17, 15) is 14.4 Å². The van der Waals surface area contributed by atoms with E-state index in [1.54, 1.807) is 13.8 Å². The van der Waals surface area contributed by atoms with Gasteiger partial charge in [0.15, 0.2) is 0 Å². The Morgan fingerprint density at radius 2 is 1.68 bits per heavy atom. The van der Waals surface area contributed by atoms with Crippen molar-refractivity contribution < 1.29 is 14.4 Å². The molecule has 0 radical (unpaired) electrons. The van der Waals surface area contributed by atoms with Crippen molar-refractivity contribution in [2.45, 2.75) is 58.2 Å². The lowest BCUT2D eigenvalue weighted by atomic mass is 9.84. The third kappa shape index (κ3) is 4.70. The molecule has 7 heteroatoms. The first-order valence-corrected chi connectivity index (χ1v) is 9.92. The molecule has 3 rings (SSSR count). The Morgan fingerprint density at radius 3 is 2.21 bits per heavy atom. The number of hydrogen-bond donors (Lipinski definition) is 2. The van der Waals surface area contributed by atoms with Gasteiger partial charge in [-0.3, -0.25) is 19.3 Å². The summed E-state index contributed by atoms with van der Waals surface area (Å²) in [6.45, 7) is 7.82. The number of anilines is 1. The summed E-state index contributed by atoms with van der Waals surface area (Å²) >= 11 is 0. The Bertz CT molecular complexity index is 739. The number of piperidine rings is 1. The molecular formula is C21H30N4O3. The Labute approximate surface area is 166 Å². The molecule has 2 aliphatic rings. The van der Waals surface area contributed by atoms with Gasteiger partial charge in [0.2, 0.25) is 17.7 Å². The van der Waals surface area contributed by atoms with E-state index in [0.717, 1.165) is 51.1 Å². The molecule has 1 aromatic rings. The monoisotopic (exact) mass is 386 g/mol. The maximum atomic E-state index is 11.7. The zero-order valence-electron chi connectivity index (χ0n) is 17.0. The second-order valence-corrected chi connectivity index (χ2v) is 8.09. The van der Waals surface area contributed by atoms with E-state index < -0.39 is 0 Å². The maximum Gasteiger partial charge on any atom is 0.221 e. The lowest BCUT2D eigenvalue weighted by Gasteiger charge is -2.45. The summed E-state index contributed by atoms with van der Waals surface area (Å²) in [7, 11) is 0. The molecule has 2 saturated heterocycles. The molecule has 152 valence electrons. The fourth-order valence-electron chi connectivity index (χ4n) is 4.60. The maximum absolute atomic E-state index is 11.7. The van der Waals surface area contributed by atoms with Gasteiger partial charge in [-0.25, -0.2) is 0 Å². The van der Waals surface area contributed by atoms with Crippen LogP contribution in [0.15, 0.2) is 24.3 Å². The smallest absolute Gasteiger partial charge is 0.221 e. The van der Waals surface area contributed by atoms with Gasteiger partial charge in [0.05, 0.1) is 0 Å². The summed E-state index contributed by atoms with van der Waals surface area (Å²) in [4.78, 5) is 38.9. The molecule has 28 heavy (non-hydrogen) atoms. The molecule has 0 bridgehead atoms. The van der Waals surface area contributed by atoms with E-state index in [2.05, 4.69) is 15.5 Å². The van der Waals surface area contributed by atoms with Crippen LogP contribution in [0.2, 0.25) is 0 Å². The van der Waals surface area contributed by atoms with E-state index in [0.29, 0.717) is 0 Å². The molecule has 0 unspecified atom stereocenters. The van der Waals surface area contributed by atoms with E-state index in [-0.39, 0.29) is 29.3 Å². The normalized spacial score (nSPS) is 21.5. The van der Waals surface area contributed by atoms with Gasteiger partial charge >= 0.3 is 0 Å². The molecule has 3 amide bonds. The summed E-state index contributed by atoms with van der Waals surface area (Å²) in [6, 6.07) is 8.05. The van der Waals surface area contributed by atoms with Crippen molar-refractivity contribution in [2.75, 3.05) is 25.0 Å². The van der Waals surface area contributed by atoms with Crippen LogP contribution in [0.25, 0.3) is 0 Å². The van der Waals surface area contributed by atoms with Crippen LogP contribution < -0.4 is 10.6 Å². The Kier molecular flexibility index (Phi) is 6.03. The van der Waals surface area contributed by atoms with Crippen molar-refractivity contribution in [3.63, 3.8) is 0 Å². The second-order valence-electron chi connectivity index (χ2n) is 8.09. The first kappa shape index (κ1) is 20.3. The number of nitrogens with zero attached hydrogens (tertiary/aromatic N) is 2. The summed E-state index contributed by atoms with van der Waals surface area (Å²) in [5.41, 5.74) is 1.97. The number of amides is 3. The zero-order chi connectivity index (χ0) is 20.3. The second kappa shape index (κ2) is 8.31. The Hall–Kier alpha value is -2.41.